The Morgan fingerprint density at radius 3 is 1.19 bits per heavy atom. The SMILES string of the molecule is CCCCCCCCCCCCCCCCCC(=O)N[C@@H](CCC(=O)OCCCCCCCCCC(C)C)C(=O)OCCCCCCCCCC(C)C. The monoisotopic (exact) mass is 750 g/mol. The highest BCUT2D eigenvalue weighted by Crippen LogP contribution is 2.16. The molecular formula is C47H91NO5. The van der Waals surface area contributed by atoms with E-state index >= 15 is 0 Å². The van der Waals surface area contributed by atoms with Gasteiger partial charge in [0.1, 0.15) is 6.04 Å². The Labute approximate surface area is 330 Å². The number of nitrogens with one attached hydrogen (secondary N) is 1. The number of hydrogen-bond acceptors (Lipinski definition) is 5. The molecule has 0 rings (SSSR count). The van der Waals surface area contributed by atoms with E-state index in [1.54, 1.807) is 0 Å². The first kappa shape index (κ1) is 51.4. The summed E-state index contributed by atoms with van der Waals surface area (Å²) in [6.07, 6.45) is 39.0. The average molecular weight is 750 g/mol. The summed E-state index contributed by atoms with van der Waals surface area (Å²) in [5.41, 5.74) is 0. The second kappa shape index (κ2) is 40.1. The van der Waals surface area contributed by atoms with Gasteiger partial charge in [-0.2, -0.15) is 0 Å². The highest BCUT2D eigenvalue weighted by molar-refractivity contribution is 5.85. The van der Waals surface area contributed by atoms with E-state index in [0.717, 1.165) is 63.2 Å². The van der Waals surface area contributed by atoms with Crippen LogP contribution in [0.1, 0.15) is 253 Å². The largest absolute Gasteiger partial charge is 0.466 e. The molecule has 0 saturated heterocycles. The van der Waals surface area contributed by atoms with Crippen LogP contribution in [-0.4, -0.2) is 37.1 Å². The number of carbonyl (C=O) groups is 3. The molecule has 1 N–H and O–H groups in total. The van der Waals surface area contributed by atoms with E-state index in [9.17, 15) is 14.4 Å². The summed E-state index contributed by atoms with van der Waals surface area (Å²) in [5.74, 6) is 0.717. The third-order valence-corrected chi connectivity index (χ3v) is 10.6. The molecule has 0 saturated carbocycles. The lowest BCUT2D eigenvalue weighted by molar-refractivity contribution is -0.149. The van der Waals surface area contributed by atoms with Crippen LogP contribution < -0.4 is 5.32 Å². The van der Waals surface area contributed by atoms with Gasteiger partial charge in [-0.15, -0.1) is 0 Å². The Bertz CT molecular complexity index is 813. The number of ether oxygens (including phenoxy) is 2. The summed E-state index contributed by atoms with van der Waals surface area (Å²) >= 11 is 0. The summed E-state index contributed by atoms with van der Waals surface area (Å²) in [5, 5.41) is 2.90. The van der Waals surface area contributed by atoms with Gasteiger partial charge < -0.3 is 14.8 Å². The molecule has 0 aliphatic heterocycles. The number of amides is 1. The standard InChI is InChI=1S/C47H91NO5/c1-6-7-8-9-10-11-12-13-14-15-16-17-22-27-32-37-45(49)48-44(47(51)53-41-34-29-24-19-21-26-31-36-43(4)5)38-39-46(50)52-40-33-28-23-18-20-25-30-35-42(2)3/h42-44H,6-41H2,1-5H3,(H,48,49)/t44-/m0/s1. The van der Waals surface area contributed by atoms with Gasteiger partial charge in [-0.05, 0) is 37.5 Å². The van der Waals surface area contributed by atoms with E-state index in [1.807, 2.05) is 0 Å². The van der Waals surface area contributed by atoms with E-state index in [4.69, 9.17) is 9.47 Å². The minimum absolute atomic E-state index is 0.103. The van der Waals surface area contributed by atoms with Gasteiger partial charge in [-0.25, -0.2) is 4.79 Å². The molecule has 53 heavy (non-hydrogen) atoms. The van der Waals surface area contributed by atoms with E-state index in [0.29, 0.717) is 19.6 Å². The molecule has 6 nitrogen and oxygen atoms in total. The summed E-state index contributed by atoms with van der Waals surface area (Å²) in [6, 6.07) is -0.803. The molecule has 0 aliphatic carbocycles. The Balaban J connectivity index is 4.33. The van der Waals surface area contributed by atoms with Crippen LogP contribution in [0.3, 0.4) is 0 Å². The fraction of sp³-hybridized carbons (Fsp3) is 0.936. The first-order valence-corrected chi connectivity index (χ1v) is 23.4. The zero-order chi connectivity index (χ0) is 39.0. The third kappa shape index (κ3) is 39.9. The number of esters is 2. The fourth-order valence-corrected chi connectivity index (χ4v) is 7.04. The lowest BCUT2D eigenvalue weighted by atomic mass is 10.0. The third-order valence-electron chi connectivity index (χ3n) is 10.6. The predicted octanol–water partition coefficient (Wildman–Crippen LogP) is 14.2. The predicted molar refractivity (Wildman–Crippen MR) is 226 cm³/mol. The number of unbranched alkanes of at least 4 members (excludes halogenated alkanes) is 26. The second-order valence-electron chi connectivity index (χ2n) is 17.1. The quantitative estimate of drug-likeness (QED) is 0.0497. The maximum absolute atomic E-state index is 13.0. The zero-order valence-corrected chi connectivity index (χ0v) is 36.2. The van der Waals surface area contributed by atoms with Crippen molar-refractivity contribution in [3.63, 3.8) is 0 Å². The van der Waals surface area contributed by atoms with Crippen molar-refractivity contribution in [2.75, 3.05) is 13.2 Å². The first-order valence-electron chi connectivity index (χ1n) is 23.4. The molecule has 0 unspecified atom stereocenters. The molecule has 0 aromatic heterocycles. The lowest BCUT2D eigenvalue weighted by Gasteiger charge is -2.18. The molecule has 1 amide bonds. The van der Waals surface area contributed by atoms with Crippen molar-refractivity contribution in [1.82, 2.24) is 5.32 Å². The number of hydrogen-bond donors (Lipinski definition) is 1. The summed E-state index contributed by atoms with van der Waals surface area (Å²) in [4.78, 5) is 38.4. The van der Waals surface area contributed by atoms with Crippen molar-refractivity contribution in [3.05, 3.63) is 0 Å². The highest BCUT2D eigenvalue weighted by Gasteiger charge is 2.23. The Morgan fingerprint density at radius 1 is 0.415 bits per heavy atom. The lowest BCUT2D eigenvalue weighted by Crippen LogP contribution is -2.42. The fourth-order valence-electron chi connectivity index (χ4n) is 7.04. The van der Waals surface area contributed by atoms with Crippen LogP contribution in [0.4, 0.5) is 0 Å². The van der Waals surface area contributed by atoms with E-state index < -0.39 is 12.0 Å². The average Bonchev–Trinajstić information content (AvgIpc) is 3.12. The summed E-state index contributed by atoms with van der Waals surface area (Å²) < 4.78 is 11.1. The molecule has 0 radical (unpaired) electrons. The molecule has 0 aromatic rings. The number of carbonyl (C=O) groups excluding carboxylic acids is 3. The van der Waals surface area contributed by atoms with Crippen molar-refractivity contribution in [3.8, 4) is 0 Å². The van der Waals surface area contributed by atoms with Crippen molar-refractivity contribution < 1.29 is 23.9 Å². The van der Waals surface area contributed by atoms with Gasteiger partial charge in [0.15, 0.2) is 0 Å². The van der Waals surface area contributed by atoms with Crippen LogP contribution in [-0.2, 0) is 23.9 Å². The summed E-state index contributed by atoms with van der Waals surface area (Å²) in [6.45, 7) is 12.2. The molecule has 0 aliphatic rings. The molecular weight excluding hydrogens is 659 g/mol. The molecule has 0 bridgehead atoms. The van der Waals surface area contributed by atoms with Gasteiger partial charge in [-0.1, -0.05) is 214 Å². The highest BCUT2D eigenvalue weighted by atomic mass is 16.5. The molecule has 1 atom stereocenters. The molecule has 0 aromatic carbocycles. The minimum atomic E-state index is -0.803. The van der Waals surface area contributed by atoms with Crippen molar-refractivity contribution in [2.45, 2.75) is 259 Å². The van der Waals surface area contributed by atoms with Gasteiger partial charge >= 0.3 is 11.9 Å². The molecule has 314 valence electrons. The van der Waals surface area contributed by atoms with Crippen LogP contribution in [0.2, 0.25) is 0 Å². The van der Waals surface area contributed by atoms with Crippen LogP contribution in [0.5, 0.6) is 0 Å². The Kier molecular flexibility index (Phi) is 38.9. The first-order chi connectivity index (χ1) is 25.8. The van der Waals surface area contributed by atoms with Crippen molar-refractivity contribution in [1.29, 1.82) is 0 Å². The van der Waals surface area contributed by atoms with Gasteiger partial charge in [0, 0.05) is 12.8 Å². The van der Waals surface area contributed by atoms with Crippen molar-refractivity contribution in [2.24, 2.45) is 11.8 Å². The van der Waals surface area contributed by atoms with Crippen LogP contribution in [0.15, 0.2) is 0 Å². The minimum Gasteiger partial charge on any atom is -0.466 e. The molecule has 6 heteroatoms. The van der Waals surface area contributed by atoms with Gasteiger partial charge in [0.05, 0.1) is 13.2 Å². The summed E-state index contributed by atoms with van der Waals surface area (Å²) in [7, 11) is 0. The Morgan fingerprint density at radius 2 is 0.774 bits per heavy atom. The Hall–Kier alpha value is -1.59. The normalized spacial score (nSPS) is 12.1. The maximum Gasteiger partial charge on any atom is 0.328 e. The van der Waals surface area contributed by atoms with Crippen LogP contribution >= 0.6 is 0 Å². The number of rotatable bonds is 41. The second-order valence-corrected chi connectivity index (χ2v) is 17.1. The van der Waals surface area contributed by atoms with Crippen LogP contribution in [0, 0.1) is 11.8 Å². The van der Waals surface area contributed by atoms with E-state index in [-0.39, 0.29) is 24.7 Å². The van der Waals surface area contributed by atoms with Gasteiger partial charge in [0.2, 0.25) is 5.91 Å². The molecule has 0 fully saturated rings. The molecule has 0 heterocycles. The van der Waals surface area contributed by atoms with E-state index in [1.165, 1.54) is 148 Å². The van der Waals surface area contributed by atoms with Crippen LogP contribution in [0.25, 0.3) is 0 Å². The van der Waals surface area contributed by atoms with E-state index in [2.05, 4.69) is 39.9 Å². The maximum atomic E-state index is 13.0. The topological polar surface area (TPSA) is 81.7 Å². The molecule has 0 spiro atoms. The zero-order valence-electron chi connectivity index (χ0n) is 36.2. The smallest absolute Gasteiger partial charge is 0.328 e. The van der Waals surface area contributed by atoms with Gasteiger partial charge in [-0.3, -0.25) is 9.59 Å². The van der Waals surface area contributed by atoms with Gasteiger partial charge in [0.25, 0.3) is 0 Å². The van der Waals surface area contributed by atoms with Crippen molar-refractivity contribution >= 4 is 17.8 Å².